The van der Waals surface area contributed by atoms with Gasteiger partial charge in [0.05, 0.1) is 6.04 Å². The summed E-state index contributed by atoms with van der Waals surface area (Å²) in [4.78, 5) is 14.6. The van der Waals surface area contributed by atoms with Crippen molar-refractivity contribution in [3.8, 4) is 0 Å². The minimum Gasteiger partial charge on any atom is -0.341 e. The Morgan fingerprint density at radius 2 is 1.84 bits per heavy atom. The molecule has 3 nitrogen and oxygen atoms in total. The lowest BCUT2D eigenvalue weighted by Gasteiger charge is -2.26. The van der Waals surface area contributed by atoms with Gasteiger partial charge >= 0.3 is 0 Å². The quantitative estimate of drug-likeness (QED) is 0.830. The van der Waals surface area contributed by atoms with E-state index >= 15 is 0 Å². The maximum absolute atomic E-state index is 12.6. The molecule has 1 N–H and O–H groups in total. The Morgan fingerprint density at radius 1 is 1.21 bits per heavy atom. The van der Waals surface area contributed by atoms with Crippen molar-refractivity contribution in [2.45, 2.75) is 32.2 Å². The van der Waals surface area contributed by atoms with Crippen molar-refractivity contribution in [2.75, 3.05) is 19.6 Å². The van der Waals surface area contributed by atoms with Crippen molar-refractivity contribution in [1.82, 2.24) is 10.2 Å². The Balaban J connectivity index is 1.70. The fourth-order valence-electron chi connectivity index (χ4n) is 3.25. The third-order valence-corrected chi connectivity index (χ3v) is 4.53. The van der Waals surface area contributed by atoms with Crippen LogP contribution in [0.25, 0.3) is 0 Å². The summed E-state index contributed by atoms with van der Waals surface area (Å²) in [6, 6.07) is 8.62. The van der Waals surface area contributed by atoms with Crippen LogP contribution in [-0.2, 0) is 17.6 Å². The Hall–Kier alpha value is -1.35. The summed E-state index contributed by atoms with van der Waals surface area (Å²) < 4.78 is 0. The Morgan fingerprint density at radius 3 is 2.37 bits per heavy atom. The number of benzene rings is 1. The van der Waals surface area contributed by atoms with E-state index in [0.717, 1.165) is 38.9 Å². The summed E-state index contributed by atoms with van der Waals surface area (Å²) in [5, 5.41) is 3.35. The molecule has 19 heavy (non-hydrogen) atoms. The van der Waals surface area contributed by atoms with E-state index in [0.29, 0.717) is 11.8 Å². The van der Waals surface area contributed by atoms with Gasteiger partial charge in [0, 0.05) is 13.1 Å². The Bertz CT molecular complexity index is 445. The first kappa shape index (κ1) is 12.7. The highest BCUT2D eigenvalue weighted by atomic mass is 16.2. The Kier molecular flexibility index (Phi) is 3.56. The van der Waals surface area contributed by atoms with Crippen LogP contribution in [0.15, 0.2) is 24.3 Å². The largest absolute Gasteiger partial charge is 0.341 e. The van der Waals surface area contributed by atoms with Crippen molar-refractivity contribution in [3.05, 3.63) is 35.4 Å². The first-order valence-electron chi connectivity index (χ1n) is 7.34. The summed E-state index contributed by atoms with van der Waals surface area (Å²) in [5.74, 6) is 0.774. The van der Waals surface area contributed by atoms with Crippen LogP contribution in [-0.4, -0.2) is 36.5 Å². The molecule has 2 unspecified atom stereocenters. The van der Waals surface area contributed by atoms with Gasteiger partial charge in [-0.1, -0.05) is 31.2 Å². The molecule has 0 aliphatic carbocycles. The summed E-state index contributed by atoms with van der Waals surface area (Å²) in [6.45, 7) is 4.88. The molecule has 2 heterocycles. The van der Waals surface area contributed by atoms with Gasteiger partial charge in [-0.15, -0.1) is 0 Å². The third-order valence-electron chi connectivity index (χ3n) is 4.53. The van der Waals surface area contributed by atoms with Crippen LogP contribution in [0.2, 0.25) is 0 Å². The van der Waals surface area contributed by atoms with E-state index in [1.165, 1.54) is 11.1 Å². The molecule has 3 rings (SSSR count). The highest BCUT2D eigenvalue weighted by Gasteiger charge is 2.32. The number of carbonyl (C=O) groups is 1. The predicted molar refractivity (Wildman–Crippen MR) is 76.0 cm³/mol. The van der Waals surface area contributed by atoms with E-state index in [4.69, 9.17) is 0 Å². The highest BCUT2D eigenvalue weighted by Crippen LogP contribution is 2.20. The number of rotatable bonds is 1. The molecule has 1 aromatic carbocycles. The number of nitrogens with one attached hydrogen (secondary N) is 1. The lowest BCUT2D eigenvalue weighted by molar-refractivity contribution is -0.133. The van der Waals surface area contributed by atoms with Gasteiger partial charge < -0.3 is 10.2 Å². The summed E-state index contributed by atoms with van der Waals surface area (Å²) in [7, 11) is 0. The molecule has 0 saturated carbocycles. The second-order valence-electron chi connectivity index (χ2n) is 5.79. The minimum absolute atomic E-state index is 0.0428. The van der Waals surface area contributed by atoms with Crippen LogP contribution in [0.3, 0.4) is 0 Å². The molecule has 102 valence electrons. The number of carbonyl (C=O) groups excluding carboxylic acids is 1. The molecular formula is C16H22N2O. The monoisotopic (exact) mass is 258 g/mol. The van der Waals surface area contributed by atoms with Gasteiger partial charge in [-0.25, -0.2) is 0 Å². The second kappa shape index (κ2) is 5.33. The first-order valence-corrected chi connectivity index (χ1v) is 7.34. The zero-order valence-electron chi connectivity index (χ0n) is 11.6. The number of hydrogen-bond acceptors (Lipinski definition) is 2. The van der Waals surface area contributed by atoms with Crippen molar-refractivity contribution in [1.29, 1.82) is 0 Å². The maximum Gasteiger partial charge on any atom is 0.240 e. The number of nitrogens with zero attached hydrogens (tertiary/aromatic N) is 1. The molecule has 2 aliphatic rings. The summed E-state index contributed by atoms with van der Waals surface area (Å²) in [6.07, 6.45) is 3.09. The van der Waals surface area contributed by atoms with Crippen LogP contribution in [0.5, 0.6) is 0 Å². The molecule has 0 spiro atoms. The van der Waals surface area contributed by atoms with Crippen LogP contribution < -0.4 is 5.32 Å². The highest BCUT2D eigenvalue weighted by molar-refractivity contribution is 5.82. The van der Waals surface area contributed by atoms with Crippen molar-refractivity contribution >= 4 is 5.91 Å². The van der Waals surface area contributed by atoms with Gasteiger partial charge in [-0.05, 0) is 42.9 Å². The van der Waals surface area contributed by atoms with Crippen LogP contribution in [0, 0.1) is 5.92 Å². The van der Waals surface area contributed by atoms with Gasteiger partial charge in [-0.3, -0.25) is 4.79 Å². The molecule has 1 saturated heterocycles. The fraction of sp³-hybridized carbons (Fsp3) is 0.562. The first-order chi connectivity index (χ1) is 9.25. The molecule has 2 aliphatic heterocycles. The standard InChI is InChI=1S/C16H22N2O/c1-12-6-9-17-15(12)16(19)18-10-7-13-4-2-3-5-14(13)8-11-18/h2-5,12,15,17H,6-11H2,1H3. The zero-order chi connectivity index (χ0) is 13.2. The molecule has 0 bridgehead atoms. The van der Waals surface area contributed by atoms with E-state index in [1.54, 1.807) is 0 Å². The number of fused-ring (bicyclic) bond motifs is 1. The molecule has 1 fully saturated rings. The predicted octanol–water partition coefficient (Wildman–Crippen LogP) is 1.61. The number of hydrogen-bond donors (Lipinski definition) is 1. The van der Waals surface area contributed by atoms with Crippen molar-refractivity contribution in [2.24, 2.45) is 5.92 Å². The van der Waals surface area contributed by atoms with E-state index < -0.39 is 0 Å². The van der Waals surface area contributed by atoms with Crippen molar-refractivity contribution < 1.29 is 4.79 Å². The molecule has 3 heteroatoms. The van der Waals surface area contributed by atoms with Crippen LogP contribution in [0.4, 0.5) is 0 Å². The van der Waals surface area contributed by atoms with E-state index in [-0.39, 0.29) is 6.04 Å². The summed E-state index contributed by atoms with van der Waals surface area (Å²) >= 11 is 0. The summed E-state index contributed by atoms with van der Waals surface area (Å²) in [5.41, 5.74) is 2.82. The molecule has 1 amide bonds. The molecular weight excluding hydrogens is 236 g/mol. The lowest BCUT2D eigenvalue weighted by atomic mass is 10.0. The van der Waals surface area contributed by atoms with Gasteiger partial charge in [-0.2, -0.15) is 0 Å². The zero-order valence-corrected chi connectivity index (χ0v) is 11.6. The van der Waals surface area contributed by atoms with Gasteiger partial charge in [0.1, 0.15) is 0 Å². The molecule has 1 aromatic rings. The third kappa shape index (κ3) is 2.52. The van der Waals surface area contributed by atoms with Gasteiger partial charge in [0.15, 0.2) is 0 Å². The molecule has 0 aromatic heterocycles. The molecule has 2 atom stereocenters. The van der Waals surface area contributed by atoms with E-state index in [2.05, 4.69) is 41.4 Å². The SMILES string of the molecule is CC1CCNC1C(=O)N1CCc2ccccc2CC1. The van der Waals surface area contributed by atoms with Crippen LogP contribution >= 0.6 is 0 Å². The lowest BCUT2D eigenvalue weighted by Crippen LogP contribution is -2.46. The topological polar surface area (TPSA) is 32.3 Å². The fourth-order valence-corrected chi connectivity index (χ4v) is 3.25. The molecule has 0 radical (unpaired) electrons. The van der Waals surface area contributed by atoms with E-state index in [9.17, 15) is 4.79 Å². The van der Waals surface area contributed by atoms with Gasteiger partial charge in [0.25, 0.3) is 0 Å². The second-order valence-corrected chi connectivity index (χ2v) is 5.79. The number of amides is 1. The normalized spacial score (nSPS) is 26.9. The van der Waals surface area contributed by atoms with E-state index in [1.807, 2.05) is 0 Å². The maximum atomic E-state index is 12.6. The van der Waals surface area contributed by atoms with Crippen molar-refractivity contribution in [3.63, 3.8) is 0 Å². The Labute approximate surface area is 115 Å². The smallest absolute Gasteiger partial charge is 0.240 e. The van der Waals surface area contributed by atoms with Gasteiger partial charge in [0.2, 0.25) is 5.91 Å². The van der Waals surface area contributed by atoms with Crippen LogP contribution in [0.1, 0.15) is 24.5 Å². The average molecular weight is 258 g/mol. The average Bonchev–Trinajstić information content (AvgIpc) is 2.74. The minimum atomic E-state index is 0.0428.